The summed E-state index contributed by atoms with van der Waals surface area (Å²) in [7, 11) is 3.97. The zero-order valence-electron chi connectivity index (χ0n) is 9.61. The fourth-order valence-corrected chi connectivity index (χ4v) is 1.82. The maximum atomic E-state index is 11.4. The van der Waals surface area contributed by atoms with E-state index < -0.39 is 0 Å². The third-order valence-corrected chi connectivity index (χ3v) is 3.01. The van der Waals surface area contributed by atoms with Gasteiger partial charge in [-0.05, 0) is 44.8 Å². The van der Waals surface area contributed by atoms with Crippen molar-refractivity contribution in [1.29, 1.82) is 0 Å². The lowest BCUT2D eigenvalue weighted by atomic mass is 9.95. The quantitative estimate of drug-likeness (QED) is 0.899. The van der Waals surface area contributed by atoms with Gasteiger partial charge in [0.15, 0.2) is 0 Å². The SMILES string of the molecule is CN(C)CC[C@@H](C(N)=O)c1ccc(Br)cc1. The lowest BCUT2D eigenvalue weighted by Crippen LogP contribution is -2.25. The van der Waals surface area contributed by atoms with E-state index in [1.54, 1.807) is 0 Å². The Kier molecular flexibility index (Phi) is 4.96. The molecule has 1 amide bonds. The summed E-state index contributed by atoms with van der Waals surface area (Å²) in [5.74, 6) is -0.459. The highest BCUT2D eigenvalue weighted by molar-refractivity contribution is 9.10. The van der Waals surface area contributed by atoms with Crippen molar-refractivity contribution in [3.8, 4) is 0 Å². The number of hydrogen-bond donors (Lipinski definition) is 1. The first-order valence-corrected chi connectivity index (χ1v) is 5.99. The van der Waals surface area contributed by atoms with E-state index in [0.717, 1.165) is 23.0 Å². The molecule has 0 unspecified atom stereocenters. The summed E-state index contributed by atoms with van der Waals surface area (Å²) in [6.45, 7) is 0.851. The first-order chi connectivity index (χ1) is 7.50. The van der Waals surface area contributed by atoms with Crippen molar-refractivity contribution in [2.75, 3.05) is 20.6 Å². The number of carbonyl (C=O) groups is 1. The van der Waals surface area contributed by atoms with Gasteiger partial charge in [0.25, 0.3) is 0 Å². The van der Waals surface area contributed by atoms with E-state index >= 15 is 0 Å². The molecule has 1 atom stereocenters. The van der Waals surface area contributed by atoms with Crippen LogP contribution in [0.15, 0.2) is 28.7 Å². The Morgan fingerprint density at radius 3 is 2.38 bits per heavy atom. The summed E-state index contributed by atoms with van der Waals surface area (Å²) in [4.78, 5) is 13.4. The molecular formula is C12H17BrN2O. The van der Waals surface area contributed by atoms with E-state index in [9.17, 15) is 4.79 Å². The van der Waals surface area contributed by atoms with Gasteiger partial charge in [0, 0.05) is 4.47 Å². The third kappa shape index (κ3) is 3.94. The average Bonchev–Trinajstić information content (AvgIpc) is 2.20. The van der Waals surface area contributed by atoms with Crippen molar-refractivity contribution in [3.05, 3.63) is 34.3 Å². The van der Waals surface area contributed by atoms with Gasteiger partial charge >= 0.3 is 0 Å². The first-order valence-electron chi connectivity index (χ1n) is 5.20. The van der Waals surface area contributed by atoms with Gasteiger partial charge in [-0.15, -0.1) is 0 Å². The van der Waals surface area contributed by atoms with Gasteiger partial charge in [0.2, 0.25) is 5.91 Å². The Morgan fingerprint density at radius 1 is 1.38 bits per heavy atom. The molecule has 3 nitrogen and oxygen atoms in total. The molecule has 88 valence electrons. The average molecular weight is 285 g/mol. The van der Waals surface area contributed by atoms with E-state index in [1.165, 1.54) is 0 Å². The second-order valence-corrected chi connectivity index (χ2v) is 5.01. The molecule has 0 saturated carbocycles. The van der Waals surface area contributed by atoms with Crippen LogP contribution in [0.25, 0.3) is 0 Å². The van der Waals surface area contributed by atoms with Crippen molar-refractivity contribution in [1.82, 2.24) is 4.90 Å². The molecule has 0 saturated heterocycles. The van der Waals surface area contributed by atoms with Crippen LogP contribution in [-0.4, -0.2) is 31.4 Å². The van der Waals surface area contributed by atoms with Crippen LogP contribution in [0.2, 0.25) is 0 Å². The van der Waals surface area contributed by atoms with Crippen molar-refractivity contribution >= 4 is 21.8 Å². The number of carbonyl (C=O) groups excluding carboxylic acids is 1. The summed E-state index contributed by atoms with van der Waals surface area (Å²) in [5.41, 5.74) is 6.41. The smallest absolute Gasteiger partial charge is 0.225 e. The van der Waals surface area contributed by atoms with Gasteiger partial charge in [-0.3, -0.25) is 4.79 Å². The van der Waals surface area contributed by atoms with Gasteiger partial charge in [0.05, 0.1) is 5.92 Å². The number of amides is 1. The highest BCUT2D eigenvalue weighted by atomic mass is 79.9. The molecule has 4 heteroatoms. The summed E-state index contributed by atoms with van der Waals surface area (Å²) >= 11 is 3.37. The molecule has 1 rings (SSSR count). The molecule has 0 bridgehead atoms. The minimum absolute atomic E-state index is 0.199. The molecule has 0 aliphatic rings. The summed E-state index contributed by atoms with van der Waals surface area (Å²) in [6.07, 6.45) is 0.754. The summed E-state index contributed by atoms with van der Waals surface area (Å²) in [6, 6.07) is 7.74. The van der Waals surface area contributed by atoms with Gasteiger partial charge in [-0.1, -0.05) is 28.1 Å². The van der Waals surface area contributed by atoms with Crippen molar-refractivity contribution < 1.29 is 4.79 Å². The van der Waals surface area contributed by atoms with Crippen molar-refractivity contribution in [2.45, 2.75) is 12.3 Å². The van der Waals surface area contributed by atoms with Crippen LogP contribution in [0.4, 0.5) is 0 Å². The second kappa shape index (κ2) is 6.01. The standard InChI is InChI=1S/C12H17BrN2O/c1-15(2)8-7-11(12(14)16)9-3-5-10(13)6-4-9/h3-6,11H,7-8H2,1-2H3,(H2,14,16)/t11-/m1/s1. The maximum Gasteiger partial charge on any atom is 0.225 e. The Morgan fingerprint density at radius 2 is 1.94 bits per heavy atom. The Balaban J connectivity index is 2.77. The van der Waals surface area contributed by atoms with Crippen molar-refractivity contribution in [2.24, 2.45) is 5.73 Å². The zero-order chi connectivity index (χ0) is 12.1. The Bertz CT molecular complexity index is 349. The van der Waals surface area contributed by atoms with Crippen LogP contribution in [0.1, 0.15) is 17.9 Å². The van der Waals surface area contributed by atoms with E-state index in [0.29, 0.717) is 0 Å². The molecule has 0 radical (unpaired) electrons. The molecule has 0 spiro atoms. The number of hydrogen-bond acceptors (Lipinski definition) is 2. The van der Waals surface area contributed by atoms with E-state index in [2.05, 4.69) is 20.8 Å². The van der Waals surface area contributed by atoms with Crippen LogP contribution in [0.5, 0.6) is 0 Å². The fourth-order valence-electron chi connectivity index (χ4n) is 1.56. The predicted molar refractivity (Wildman–Crippen MR) is 69.2 cm³/mol. The second-order valence-electron chi connectivity index (χ2n) is 4.10. The highest BCUT2D eigenvalue weighted by Gasteiger charge is 2.17. The number of nitrogens with two attached hydrogens (primary N) is 1. The molecule has 0 aliphatic heterocycles. The zero-order valence-corrected chi connectivity index (χ0v) is 11.2. The summed E-state index contributed by atoms with van der Waals surface area (Å²) < 4.78 is 1.01. The van der Waals surface area contributed by atoms with Gasteiger partial charge in [0.1, 0.15) is 0 Å². The third-order valence-electron chi connectivity index (χ3n) is 2.48. The Hall–Kier alpha value is -0.870. The topological polar surface area (TPSA) is 46.3 Å². The van der Waals surface area contributed by atoms with Crippen molar-refractivity contribution in [3.63, 3.8) is 0 Å². The first kappa shape index (κ1) is 13.2. The molecule has 0 fully saturated rings. The van der Waals surface area contributed by atoms with Gasteiger partial charge < -0.3 is 10.6 Å². The normalized spacial score (nSPS) is 12.8. The summed E-state index contributed by atoms with van der Waals surface area (Å²) in [5, 5.41) is 0. The molecule has 0 aromatic heterocycles. The fraction of sp³-hybridized carbons (Fsp3) is 0.417. The minimum atomic E-state index is -0.260. The maximum absolute atomic E-state index is 11.4. The highest BCUT2D eigenvalue weighted by Crippen LogP contribution is 2.21. The molecule has 16 heavy (non-hydrogen) atoms. The van der Waals surface area contributed by atoms with Crippen LogP contribution in [0.3, 0.4) is 0 Å². The Labute approximate surface area is 105 Å². The lowest BCUT2D eigenvalue weighted by molar-refractivity contribution is -0.119. The van der Waals surface area contributed by atoms with Crippen LogP contribution >= 0.6 is 15.9 Å². The molecule has 1 aromatic carbocycles. The molecule has 1 aromatic rings. The largest absolute Gasteiger partial charge is 0.369 e. The number of benzene rings is 1. The number of rotatable bonds is 5. The van der Waals surface area contributed by atoms with Crippen LogP contribution in [-0.2, 0) is 4.79 Å². The molecule has 0 heterocycles. The number of halogens is 1. The van der Waals surface area contributed by atoms with Gasteiger partial charge in [-0.25, -0.2) is 0 Å². The number of nitrogens with zero attached hydrogens (tertiary/aromatic N) is 1. The molecule has 2 N–H and O–H groups in total. The van der Waals surface area contributed by atoms with E-state index in [-0.39, 0.29) is 11.8 Å². The van der Waals surface area contributed by atoms with Crippen LogP contribution < -0.4 is 5.73 Å². The van der Waals surface area contributed by atoms with Gasteiger partial charge in [-0.2, -0.15) is 0 Å². The van der Waals surface area contributed by atoms with E-state index in [4.69, 9.17) is 5.73 Å². The molecular weight excluding hydrogens is 268 g/mol. The predicted octanol–water partition coefficient (Wildman–Crippen LogP) is 1.97. The van der Waals surface area contributed by atoms with E-state index in [1.807, 2.05) is 38.4 Å². The minimum Gasteiger partial charge on any atom is -0.369 e. The monoisotopic (exact) mass is 284 g/mol. The lowest BCUT2D eigenvalue weighted by Gasteiger charge is -2.16. The number of primary amides is 1. The van der Waals surface area contributed by atoms with Crippen LogP contribution in [0, 0.1) is 0 Å². The molecule has 0 aliphatic carbocycles.